The molecule has 15 heavy (non-hydrogen) atoms. The first-order valence-corrected chi connectivity index (χ1v) is 5.50. The molecule has 0 radical (unpaired) electrons. The highest BCUT2D eigenvalue weighted by Crippen LogP contribution is 2.31. The van der Waals surface area contributed by atoms with Gasteiger partial charge in [-0.25, -0.2) is 9.97 Å². The number of hydrogen-bond donors (Lipinski definition) is 1. The summed E-state index contributed by atoms with van der Waals surface area (Å²) in [4.78, 5) is 8.64. The van der Waals surface area contributed by atoms with E-state index in [0.717, 1.165) is 5.82 Å². The molecule has 2 rings (SSSR count). The normalized spacial score (nSPS) is 19.1. The molecule has 4 heteroatoms. The second kappa shape index (κ2) is 4.57. The molecule has 1 heterocycles. The Morgan fingerprint density at radius 3 is 2.47 bits per heavy atom. The molecule has 1 aromatic rings. The third kappa shape index (κ3) is 2.65. The van der Waals surface area contributed by atoms with Gasteiger partial charge in [0.25, 0.3) is 0 Å². The number of nitrogens with zero attached hydrogens (tertiary/aromatic N) is 2. The minimum atomic E-state index is -0.314. The molecule has 0 amide bonds. The fraction of sp³-hybridized carbons (Fsp3) is 0.636. The summed E-state index contributed by atoms with van der Waals surface area (Å²) in [6.45, 7) is 1.78. The van der Waals surface area contributed by atoms with E-state index in [9.17, 15) is 0 Å². The zero-order valence-electron chi connectivity index (χ0n) is 9.02. The third-order valence-corrected chi connectivity index (χ3v) is 2.69. The van der Waals surface area contributed by atoms with Crippen molar-refractivity contribution in [3.8, 4) is 5.75 Å². The zero-order chi connectivity index (χ0) is 10.7. The molecule has 82 valence electrons. The van der Waals surface area contributed by atoms with Crippen LogP contribution in [0.25, 0.3) is 0 Å². The minimum absolute atomic E-state index is 0.314. The van der Waals surface area contributed by atoms with Crippen LogP contribution in [-0.2, 0) is 0 Å². The predicted molar refractivity (Wildman–Crippen MR) is 57.5 cm³/mol. The Bertz CT molecular complexity index is 304. The van der Waals surface area contributed by atoms with Gasteiger partial charge in [0.2, 0.25) is 0 Å². The predicted octanol–water partition coefficient (Wildman–Crippen LogP) is 1.82. The number of hydrogen-bond acceptors (Lipinski definition) is 4. The maximum atomic E-state index is 5.51. The summed E-state index contributed by atoms with van der Waals surface area (Å²) < 4.78 is 5.28. The Balaban J connectivity index is 2.03. The number of rotatable bonds is 3. The monoisotopic (exact) mass is 207 g/mol. The van der Waals surface area contributed by atoms with Crippen molar-refractivity contribution >= 4 is 0 Å². The molecular formula is C11H17N3O. The maximum absolute atomic E-state index is 5.51. The molecular weight excluding hydrogens is 190 g/mol. The van der Waals surface area contributed by atoms with Crippen molar-refractivity contribution in [3.05, 3.63) is 18.2 Å². The van der Waals surface area contributed by atoms with Crippen molar-refractivity contribution in [2.75, 3.05) is 0 Å². The van der Waals surface area contributed by atoms with E-state index < -0.39 is 0 Å². The van der Waals surface area contributed by atoms with Crippen molar-refractivity contribution in [1.29, 1.82) is 0 Å². The smallest absolute Gasteiger partial charge is 0.158 e. The van der Waals surface area contributed by atoms with Crippen LogP contribution in [0.1, 0.15) is 44.3 Å². The van der Waals surface area contributed by atoms with Gasteiger partial charge in [-0.15, -0.1) is 0 Å². The van der Waals surface area contributed by atoms with Crippen molar-refractivity contribution < 1.29 is 4.74 Å². The van der Waals surface area contributed by atoms with Crippen molar-refractivity contribution in [2.45, 2.75) is 44.8 Å². The molecule has 0 bridgehead atoms. The molecule has 1 saturated carbocycles. The molecule has 0 aliphatic heterocycles. The molecule has 1 aliphatic rings. The van der Waals surface area contributed by atoms with Gasteiger partial charge in [0.05, 0.1) is 12.4 Å². The van der Waals surface area contributed by atoms with Crippen LogP contribution in [0.3, 0.4) is 0 Å². The van der Waals surface area contributed by atoms with E-state index in [1.54, 1.807) is 19.3 Å². The van der Waals surface area contributed by atoms with Gasteiger partial charge in [0.1, 0.15) is 12.1 Å². The van der Waals surface area contributed by atoms with Gasteiger partial charge in [0, 0.05) is 5.92 Å². The summed E-state index contributed by atoms with van der Waals surface area (Å²) in [5.41, 5.74) is 5.51. The second-order valence-electron chi connectivity index (χ2n) is 4.08. The Morgan fingerprint density at radius 1 is 1.33 bits per heavy atom. The Kier molecular flexibility index (Phi) is 3.16. The van der Waals surface area contributed by atoms with Crippen LogP contribution in [0, 0.1) is 0 Å². The van der Waals surface area contributed by atoms with Crippen LogP contribution in [0.2, 0.25) is 0 Å². The lowest BCUT2D eigenvalue weighted by Crippen LogP contribution is -2.22. The molecule has 1 aromatic heterocycles. The highest BCUT2D eigenvalue weighted by molar-refractivity contribution is 5.14. The highest BCUT2D eigenvalue weighted by atomic mass is 16.5. The molecule has 2 N–H and O–H groups in total. The molecule has 1 atom stereocenters. The van der Waals surface area contributed by atoms with Crippen LogP contribution in [0.4, 0.5) is 0 Å². The molecule has 0 saturated heterocycles. The molecule has 1 aliphatic carbocycles. The van der Waals surface area contributed by atoms with E-state index in [2.05, 4.69) is 9.97 Å². The van der Waals surface area contributed by atoms with Crippen LogP contribution in [-0.4, -0.2) is 16.2 Å². The first-order valence-electron chi connectivity index (χ1n) is 5.50. The highest BCUT2D eigenvalue weighted by Gasteiger charge is 2.19. The van der Waals surface area contributed by atoms with Gasteiger partial charge in [-0.05, 0) is 19.8 Å². The Hall–Kier alpha value is -1.16. The van der Waals surface area contributed by atoms with E-state index in [4.69, 9.17) is 10.5 Å². The third-order valence-electron chi connectivity index (χ3n) is 2.69. The first kappa shape index (κ1) is 10.4. The standard InChI is InChI=1S/C11H17N3O/c1-8(12)15-10-6-13-11(14-7-10)9-4-2-3-5-9/h6-9H,2-5,12H2,1H3. The fourth-order valence-corrected chi connectivity index (χ4v) is 2.00. The largest absolute Gasteiger partial charge is 0.473 e. The number of ether oxygens (including phenoxy) is 1. The number of aromatic nitrogens is 2. The SMILES string of the molecule is CC(N)Oc1cnc(C2CCCC2)nc1. The molecule has 1 fully saturated rings. The molecule has 0 aromatic carbocycles. The van der Waals surface area contributed by atoms with Gasteiger partial charge in [0.15, 0.2) is 5.75 Å². The molecule has 1 unspecified atom stereocenters. The lowest BCUT2D eigenvalue weighted by Gasteiger charge is -2.10. The summed E-state index contributed by atoms with van der Waals surface area (Å²) in [6, 6.07) is 0. The van der Waals surface area contributed by atoms with E-state index in [1.807, 2.05) is 0 Å². The van der Waals surface area contributed by atoms with E-state index in [0.29, 0.717) is 11.7 Å². The van der Waals surface area contributed by atoms with Gasteiger partial charge < -0.3 is 4.74 Å². The summed E-state index contributed by atoms with van der Waals surface area (Å²) in [5, 5.41) is 0. The van der Waals surface area contributed by atoms with E-state index in [-0.39, 0.29) is 6.23 Å². The number of nitrogens with two attached hydrogens (primary N) is 1. The average Bonchev–Trinajstić information content (AvgIpc) is 2.71. The lowest BCUT2D eigenvalue weighted by molar-refractivity contribution is 0.228. The van der Waals surface area contributed by atoms with Crippen molar-refractivity contribution in [3.63, 3.8) is 0 Å². The zero-order valence-corrected chi connectivity index (χ0v) is 9.02. The second-order valence-corrected chi connectivity index (χ2v) is 4.08. The van der Waals surface area contributed by atoms with Crippen LogP contribution >= 0.6 is 0 Å². The van der Waals surface area contributed by atoms with Gasteiger partial charge in [-0.2, -0.15) is 0 Å². The van der Waals surface area contributed by atoms with Gasteiger partial charge >= 0.3 is 0 Å². The quantitative estimate of drug-likeness (QED) is 0.768. The minimum Gasteiger partial charge on any atom is -0.473 e. The van der Waals surface area contributed by atoms with Crippen LogP contribution < -0.4 is 10.5 Å². The van der Waals surface area contributed by atoms with E-state index in [1.165, 1.54) is 25.7 Å². The first-order chi connectivity index (χ1) is 7.25. The van der Waals surface area contributed by atoms with Gasteiger partial charge in [-0.3, -0.25) is 5.73 Å². The maximum Gasteiger partial charge on any atom is 0.158 e. The summed E-state index contributed by atoms with van der Waals surface area (Å²) >= 11 is 0. The average molecular weight is 207 g/mol. The van der Waals surface area contributed by atoms with Crippen molar-refractivity contribution in [2.24, 2.45) is 5.73 Å². The summed E-state index contributed by atoms with van der Waals surface area (Å²) in [7, 11) is 0. The molecule has 4 nitrogen and oxygen atoms in total. The summed E-state index contributed by atoms with van der Waals surface area (Å²) in [6.07, 6.45) is 8.14. The Morgan fingerprint density at radius 2 is 1.93 bits per heavy atom. The molecule has 0 spiro atoms. The Labute approximate surface area is 89.9 Å². The van der Waals surface area contributed by atoms with Gasteiger partial charge in [-0.1, -0.05) is 12.8 Å². The van der Waals surface area contributed by atoms with Crippen LogP contribution in [0.5, 0.6) is 5.75 Å². The fourth-order valence-electron chi connectivity index (χ4n) is 2.00. The van der Waals surface area contributed by atoms with E-state index >= 15 is 0 Å². The van der Waals surface area contributed by atoms with Crippen LogP contribution in [0.15, 0.2) is 12.4 Å². The lowest BCUT2D eigenvalue weighted by atomic mass is 10.1. The summed E-state index contributed by atoms with van der Waals surface area (Å²) in [5.74, 6) is 2.14. The topological polar surface area (TPSA) is 61.0 Å². The van der Waals surface area contributed by atoms with Crippen molar-refractivity contribution in [1.82, 2.24) is 9.97 Å².